The van der Waals surface area contributed by atoms with Crippen LogP contribution < -0.4 is 4.90 Å². The molecule has 10 heteroatoms. The molecule has 0 amide bonds. The van der Waals surface area contributed by atoms with Gasteiger partial charge in [-0.2, -0.15) is 0 Å². The standard InChI is InChI=1S/C29H35N7O3/c37-15-14-33-10-12-35(13-11-33)28-27-29(31-20-30-28)36(21-32-27)26-18-34(17-25(19-38)39-26)16-22-6-8-24(9-7-22)23-4-2-1-3-5-23/h1-9,20-21,25-26,37-38H,10-19H2/t25-,26+/m0/s1. The predicted octanol–water partition coefficient (Wildman–Crippen LogP) is 2.00. The molecule has 2 aromatic heterocycles. The van der Waals surface area contributed by atoms with Crippen LogP contribution in [0.5, 0.6) is 0 Å². The van der Waals surface area contributed by atoms with Crippen LogP contribution in [0.4, 0.5) is 5.82 Å². The molecule has 0 spiro atoms. The highest BCUT2D eigenvalue weighted by Gasteiger charge is 2.31. The van der Waals surface area contributed by atoms with E-state index in [1.54, 1.807) is 12.7 Å². The molecular formula is C29H35N7O3. The predicted molar refractivity (Wildman–Crippen MR) is 149 cm³/mol. The minimum absolute atomic E-state index is 0.0507. The summed E-state index contributed by atoms with van der Waals surface area (Å²) in [6, 6.07) is 19.1. The number of benzene rings is 2. The van der Waals surface area contributed by atoms with Crippen molar-refractivity contribution in [1.29, 1.82) is 0 Å². The largest absolute Gasteiger partial charge is 0.395 e. The number of ether oxygens (including phenoxy) is 1. The molecule has 2 atom stereocenters. The number of hydrogen-bond acceptors (Lipinski definition) is 9. The van der Waals surface area contributed by atoms with Gasteiger partial charge in [-0.25, -0.2) is 15.0 Å². The van der Waals surface area contributed by atoms with Gasteiger partial charge in [-0.3, -0.25) is 14.4 Å². The normalized spacial score (nSPS) is 21.0. The topological polar surface area (TPSA) is 103 Å². The van der Waals surface area contributed by atoms with Crippen molar-refractivity contribution in [1.82, 2.24) is 29.3 Å². The summed E-state index contributed by atoms with van der Waals surface area (Å²) in [4.78, 5) is 20.7. The highest BCUT2D eigenvalue weighted by Crippen LogP contribution is 2.29. The molecule has 10 nitrogen and oxygen atoms in total. The SMILES string of the molecule is OCCN1CCN(c2ncnc3c2ncn3[C@H]2CN(Cc3ccc(-c4ccccc4)cc3)C[C@@H](CO)O2)CC1. The van der Waals surface area contributed by atoms with E-state index >= 15 is 0 Å². The molecule has 4 heterocycles. The summed E-state index contributed by atoms with van der Waals surface area (Å²) in [6.45, 7) is 6.27. The van der Waals surface area contributed by atoms with Gasteiger partial charge < -0.3 is 19.8 Å². The minimum atomic E-state index is -0.325. The molecule has 0 unspecified atom stereocenters. The molecule has 0 bridgehead atoms. The number of fused-ring (bicyclic) bond motifs is 1. The maximum absolute atomic E-state index is 10.0. The molecule has 2 N–H and O–H groups in total. The average molecular weight is 530 g/mol. The van der Waals surface area contributed by atoms with Gasteiger partial charge >= 0.3 is 0 Å². The van der Waals surface area contributed by atoms with E-state index < -0.39 is 0 Å². The highest BCUT2D eigenvalue weighted by molar-refractivity contribution is 5.83. The van der Waals surface area contributed by atoms with Crippen molar-refractivity contribution in [2.24, 2.45) is 0 Å². The summed E-state index contributed by atoms with van der Waals surface area (Å²) < 4.78 is 8.25. The first kappa shape index (κ1) is 25.8. The Morgan fingerprint density at radius 1 is 0.821 bits per heavy atom. The smallest absolute Gasteiger partial charge is 0.167 e. The van der Waals surface area contributed by atoms with Crippen LogP contribution >= 0.6 is 0 Å². The summed E-state index contributed by atoms with van der Waals surface area (Å²) in [6.07, 6.45) is 2.75. The van der Waals surface area contributed by atoms with Gasteiger partial charge in [-0.1, -0.05) is 54.6 Å². The zero-order chi connectivity index (χ0) is 26.6. The molecule has 204 valence electrons. The van der Waals surface area contributed by atoms with Crippen molar-refractivity contribution in [2.75, 3.05) is 63.9 Å². The summed E-state index contributed by atoms with van der Waals surface area (Å²) in [5, 5.41) is 19.3. The number of anilines is 1. The van der Waals surface area contributed by atoms with E-state index in [2.05, 4.69) is 73.2 Å². The fourth-order valence-electron chi connectivity index (χ4n) is 5.57. The van der Waals surface area contributed by atoms with Gasteiger partial charge in [0.25, 0.3) is 0 Å². The van der Waals surface area contributed by atoms with E-state index in [4.69, 9.17) is 9.72 Å². The summed E-state index contributed by atoms with van der Waals surface area (Å²) >= 11 is 0. The van der Waals surface area contributed by atoms with Crippen LogP contribution in [0, 0.1) is 0 Å². The van der Waals surface area contributed by atoms with Gasteiger partial charge in [0.1, 0.15) is 12.6 Å². The van der Waals surface area contributed by atoms with Crippen LogP contribution in [0.25, 0.3) is 22.3 Å². The molecule has 2 saturated heterocycles. The number of hydrogen-bond donors (Lipinski definition) is 2. The van der Waals surface area contributed by atoms with Gasteiger partial charge in [-0.05, 0) is 16.7 Å². The summed E-state index contributed by atoms with van der Waals surface area (Å²) in [5.41, 5.74) is 5.10. The van der Waals surface area contributed by atoms with E-state index in [1.165, 1.54) is 16.7 Å². The maximum Gasteiger partial charge on any atom is 0.167 e. The van der Waals surface area contributed by atoms with Gasteiger partial charge in [0.15, 0.2) is 17.0 Å². The lowest BCUT2D eigenvalue weighted by Crippen LogP contribution is -2.47. The second-order valence-corrected chi connectivity index (χ2v) is 10.2. The molecule has 2 aliphatic heterocycles. The maximum atomic E-state index is 10.0. The number of aliphatic hydroxyl groups is 2. The molecule has 4 aromatic rings. The average Bonchev–Trinajstić information content (AvgIpc) is 3.43. The Balaban J connectivity index is 1.18. The van der Waals surface area contributed by atoms with Crippen molar-refractivity contribution < 1.29 is 14.9 Å². The molecule has 0 radical (unpaired) electrons. The zero-order valence-corrected chi connectivity index (χ0v) is 22.0. The third-order valence-electron chi connectivity index (χ3n) is 7.63. The second kappa shape index (κ2) is 11.8. The Labute approximate surface area is 228 Å². The Bertz CT molecular complexity index is 1360. The minimum Gasteiger partial charge on any atom is -0.395 e. The fraction of sp³-hybridized carbons (Fsp3) is 0.414. The van der Waals surface area contributed by atoms with Gasteiger partial charge in [0, 0.05) is 52.4 Å². The molecule has 0 aliphatic carbocycles. The lowest BCUT2D eigenvalue weighted by Gasteiger charge is -2.38. The third kappa shape index (κ3) is 5.66. The number of rotatable bonds is 8. The molecule has 6 rings (SSSR count). The van der Waals surface area contributed by atoms with Crippen LogP contribution in [0.3, 0.4) is 0 Å². The number of piperazine rings is 1. The molecule has 0 saturated carbocycles. The van der Waals surface area contributed by atoms with Gasteiger partial charge in [0.05, 0.1) is 25.6 Å². The monoisotopic (exact) mass is 529 g/mol. The molecule has 2 aliphatic rings. The fourth-order valence-corrected chi connectivity index (χ4v) is 5.57. The van der Waals surface area contributed by atoms with Crippen LogP contribution in [0.1, 0.15) is 11.8 Å². The first-order valence-electron chi connectivity index (χ1n) is 13.6. The Hall–Kier alpha value is -3.41. The zero-order valence-electron chi connectivity index (χ0n) is 22.0. The molecule has 2 fully saturated rings. The lowest BCUT2D eigenvalue weighted by atomic mass is 10.0. The highest BCUT2D eigenvalue weighted by atomic mass is 16.5. The number of imidazole rings is 1. The quantitative estimate of drug-likeness (QED) is 0.355. The second-order valence-electron chi connectivity index (χ2n) is 10.2. The number of aliphatic hydroxyl groups excluding tert-OH is 2. The van der Waals surface area contributed by atoms with E-state index in [0.717, 1.165) is 49.7 Å². The van der Waals surface area contributed by atoms with Gasteiger partial charge in [-0.15, -0.1) is 0 Å². The van der Waals surface area contributed by atoms with Crippen molar-refractivity contribution in [3.63, 3.8) is 0 Å². The summed E-state index contributed by atoms with van der Waals surface area (Å²) in [7, 11) is 0. The van der Waals surface area contributed by atoms with E-state index in [0.29, 0.717) is 19.6 Å². The first-order chi connectivity index (χ1) is 19.2. The Morgan fingerprint density at radius 3 is 2.33 bits per heavy atom. The van der Waals surface area contributed by atoms with Crippen LogP contribution in [-0.2, 0) is 11.3 Å². The van der Waals surface area contributed by atoms with E-state index in [-0.39, 0.29) is 25.5 Å². The van der Waals surface area contributed by atoms with Crippen molar-refractivity contribution in [3.8, 4) is 11.1 Å². The van der Waals surface area contributed by atoms with Crippen molar-refractivity contribution in [2.45, 2.75) is 18.9 Å². The van der Waals surface area contributed by atoms with E-state index in [9.17, 15) is 10.2 Å². The first-order valence-corrected chi connectivity index (χ1v) is 13.6. The molecular weight excluding hydrogens is 494 g/mol. The molecule has 2 aromatic carbocycles. The van der Waals surface area contributed by atoms with Crippen LogP contribution in [0.2, 0.25) is 0 Å². The Kier molecular flexibility index (Phi) is 7.80. The van der Waals surface area contributed by atoms with Crippen molar-refractivity contribution in [3.05, 3.63) is 72.8 Å². The van der Waals surface area contributed by atoms with Crippen molar-refractivity contribution >= 4 is 17.0 Å². The summed E-state index contributed by atoms with van der Waals surface area (Å²) in [5.74, 6) is 0.826. The lowest BCUT2D eigenvalue weighted by molar-refractivity contribution is -0.135. The number of nitrogens with zero attached hydrogens (tertiary/aromatic N) is 7. The van der Waals surface area contributed by atoms with Crippen LogP contribution in [-0.4, -0.2) is 105 Å². The number of morpholine rings is 1. The van der Waals surface area contributed by atoms with Gasteiger partial charge in [0.2, 0.25) is 0 Å². The number of aromatic nitrogens is 4. The van der Waals surface area contributed by atoms with E-state index in [1.807, 2.05) is 10.6 Å². The third-order valence-corrected chi connectivity index (χ3v) is 7.63. The number of β-amino-alcohol motifs (C(OH)–C–C–N with tert-alkyl or cyclic N) is 1. The van der Waals surface area contributed by atoms with Crippen LogP contribution in [0.15, 0.2) is 67.3 Å². The molecule has 39 heavy (non-hydrogen) atoms. The Morgan fingerprint density at radius 2 is 1.59 bits per heavy atom.